The summed E-state index contributed by atoms with van der Waals surface area (Å²) >= 11 is 0. The Hall–Kier alpha value is -7.01. The highest BCUT2D eigenvalue weighted by molar-refractivity contribution is 5.95. The molecular formula is C54H62F2N6O8. The number of aromatic nitrogens is 6. The van der Waals surface area contributed by atoms with Gasteiger partial charge in [0, 0.05) is 83.1 Å². The Morgan fingerprint density at radius 2 is 0.986 bits per heavy atom. The minimum absolute atomic E-state index is 0.0235. The Labute approximate surface area is 407 Å². The van der Waals surface area contributed by atoms with Crippen LogP contribution in [-0.4, -0.2) is 93.6 Å². The summed E-state index contributed by atoms with van der Waals surface area (Å²) in [6.45, 7) is 15.9. The summed E-state index contributed by atoms with van der Waals surface area (Å²) in [6.07, 6.45) is 9.21. The normalized spacial score (nSPS) is 13.2. The maximum Gasteiger partial charge on any atom is 0.313 e. The number of carbonyl (C=O) groups is 3. The topological polar surface area (TPSA) is 192 Å². The van der Waals surface area contributed by atoms with E-state index in [0.717, 1.165) is 39.5 Å². The molecule has 0 spiro atoms. The molecule has 0 amide bonds. The number of rotatable bonds is 18. The van der Waals surface area contributed by atoms with Crippen LogP contribution in [0.25, 0.3) is 57.4 Å². The zero-order chi connectivity index (χ0) is 51.2. The maximum absolute atomic E-state index is 13.6. The second-order valence-electron chi connectivity index (χ2n) is 18.4. The van der Waals surface area contributed by atoms with E-state index >= 15 is 0 Å². The summed E-state index contributed by atoms with van der Waals surface area (Å²) in [6, 6.07) is 19.7. The molecule has 370 valence electrons. The van der Waals surface area contributed by atoms with Crippen LogP contribution in [0.5, 0.6) is 0 Å². The Balaban J connectivity index is 0.000000261. The molecule has 3 N–H and O–H groups in total. The Morgan fingerprint density at radius 3 is 1.39 bits per heavy atom. The van der Waals surface area contributed by atoms with Crippen LogP contribution >= 0.6 is 0 Å². The molecule has 4 aromatic heterocycles. The van der Waals surface area contributed by atoms with Crippen molar-refractivity contribution in [3.8, 4) is 45.0 Å². The standard InChI is InChI=1S/C27H32FN3O4.C27H30FN3O4/c2*1-5-35-23(34)17-22(33)16-21(32)12-15-31-25(19-10-13-29-14-11-19)24(30-26(31)27(2,3)4)18-6-8-20(28)9-7-18/h6-15,21-22,32-33H,5,16-17H2,1-4H3;6-15,21,32H,5,16-17H2,1-4H3/b2*15-12+/t21-,22-;/m1./s1. The van der Waals surface area contributed by atoms with Crippen LogP contribution in [0.3, 0.4) is 0 Å². The predicted molar refractivity (Wildman–Crippen MR) is 265 cm³/mol. The number of aliphatic hydroxyl groups excluding tert-OH is 3. The predicted octanol–water partition coefficient (Wildman–Crippen LogP) is 9.38. The molecule has 2 aromatic carbocycles. The molecule has 3 atom stereocenters. The van der Waals surface area contributed by atoms with Gasteiger partial charge in [0.1, 0.15) is 35.5 Å². The Bertz CT molecular complexity index is 2720. The summed E-state index contributed by atoms with van der Waals surface area (Å²) in [7, 11) is 0. The van der Waals surface area contributed by atoms with E-state index in [1.165, 1.54) is 30.3 Å². The fourth-order valence-corrected chi connectivity index (χ4v) is 7.37. The van der Waals surface area contributed by atoms with Gasteiger partial charge in [0.05, 0.1) is 60.7 Å². The average Bonchev–Trinajstić information content (AvgIpc) is 3.89. The molecule has 6 rings (SSSR count). The summed E-state index contributed by atoms with van der Waals surface area (Å²) in [5.74, 6) is -0.760. The van der Waals surface area contributed by atoms with Crippen molar-refractivity contribution in [1.29, 1.82) is 0 Å². The molecule has 1 unspecified atom stereocenters. The quantitative estimate of drug-likeness (QED) is 0.0547. The molecule has 0 bridgehead atoms. The first-order valence-electron chi connectivity index (χ1n) is 23.0. The van der Waals surface area contributed by atoms with Crippen LogP contribution in [0.15, 0.2) is 110 Å². The van der Waals surface area contributed by atoms with Crippen LogP contribution in [0.2, 0.25) is 0 Å². The molecule has 16 heteroatoms. The second kappa shape index (κ2) is 24.5. The van der Waals surface area contributed by atoms with E-state index in [4.69, 9.17) is 19.4 Å². The third-order valence-corrected chi connectivity index (χ3v) is 10.5. The van der Waals surface area contributed by atoms with Crippen molar-refractivity contribution in [3.63, 3.8) is 0 Å². The number of ketones is 1. The minimum Gasteiger partial charge on any atom is -0.466 e. The van der Waals surface area contributed by atoms with Crippen LogP contribution in [0, 0.1) is 11.6 Å². The smallest absolute Gasteiger partial charge is 0.313 e. The van der Waals surface area contributed by atoms with Gasteiger partial charge in [-0.1, -0.05) is 41.5 Å². The zero-order valence-electron chi connectivity index (χ0n) is 40.8. The first-order chi connectivity index (χ1) is 33.2. The molecule has 4 heterocycles. The fourth-order valence-electron chi connectivity index (χ4n) is 7.37. The number of aliphatic hydroxyl groups is 3. The Morgan fingerprint density at radius 1 is 0.586 bits per heavy atom. The first kappa shape index (κ1) is 53.9. The highest BCUT2D eigenvalue weighted by atomic mass is 19.1. The van der Waals surface area contributed by atoms with Crippen molar-refractivity contribution < 1.29 is 48.0 Å². The van der Waals surface area contributed by atoms with Crippen molar-refractivity contribution in [2.45, 2.75) is 110 Å². The van der Waals surface area contributed by atoms with E-state index in [9.17, 15) is 38.5 Å². The molecule has 0 aliphatic carbocycles. The molecule has 0 aliphatic rings. The number of hydrogen-bond donors (Lipinski definition) is 3. The van der Waals surface area contributed by atoms with Crippen LogP contribution in [-0.2, 0) is 34.7 Å². The number of Topliss-reactive ketones (excluding diaryl/α,β-unsaturated/α-hetero) is 1. The summed E-state index contributed by atoms with van der Waals surface area (Å²) < 4.78 is 40.6. The number of hydrogen-bond acceptors (Lipinski definition) is 12. The van der Waals surface area contributed by atoms with Gasteiger partial charge >= 0.3 is 11.9 Å². The molecule has 0 radical (unpaired) electrons. The number of imidazole rings is 2. The number of nitrogens with zero attached hydrogens (tertiary/aromatic N) is 6. The van der Waals surface area contributed by atoms with E-state index in [0.29, 0.717) is 17.2 Å². The number of carbonyl (C=O) groups excluding carboxylic acids is 3. The van der Waals surface area contributed by atoms with Crippen molar-refractivity contribution in [1.82, 2.24) is 29.1 Å². The van der Waals surface area contributed by atoms with Gasteiger partial charge in [-0.15, -0.1) is 0 Å². The fraction of sp³-hybridized carbons (Fsp3) is 0.352. The van der Waals surface area contributed by atoms with Crippen LogP contribution < -0.4 is 0 Å². The SMILES string of the molecule is CCOC(=O)CC(=O)CC(O)/C=C/n1c(C(C)(C)C)nc(-c2ccc(F)cc2)c1-c1ccncc1.CCOC(=O)C[C@H](O)C[C@H](O)/C=C/n1c(C(C)(C)C)nc(-c2ccc(F)cc2)c1-c1ccncc1. The van der Waals surface area contributed by atoms with E-state index in [1.807, 2.05) is 74.9 Å². The van der Waals surface area contributed by atoms with Gasteiger partial charge in [-0.2, -0.15) is 0 Å². The van der Waals surface area contributed by atoms with Gasteiger partial charge in [-0.3, -0.25) is 24.4 Å². The lowest BCUT2D eigenvalue weighted by atomic mass is 9.95. The lowest BCUT2D eigenvalue weighted by Gasteiger charge is -2.19. The summed E-state index contributed by atoms with van der Waals surface area (Å²) in [4.78, 5) is 53.3. The third-order valence-electron chi connectivity index (χ3n) is 10.5. The third kappa shape index (κ3) is 15.0. The molecule has 0 saturated carbocycles. The van der Waals surface area contributed by atoms with Crippen LogP contribution in [0.4, 0.5) is 8.78 Å². The maximum atomic E-state index is 13.6. The lowest BCUT2D eigenvalue weighted by molar-refractivity contribution is -0.147. The number of ether oxygens (including phenoxy) is 2. The van der Waals surface area contributed by atoms with Gasteiger partial charge in [0.25, 0.3) is 0 Å². The van der Waals surface area contributed by atoms with Crippen molar-refractivity contribution in [2.24, 2.45) is 0 Å². The van der Waals surface area contributed by atoms with E-state index < -0.39 is 36.0 Å². The minimum atomic E-state index is -1.10. The molecular weight excluding hydrogens is 899 g/mol. The molecule has 0 saturated heterocycles. The van der Waals surface area contributed by atoms with Crippen molar-refractivity contribution >= 4 is 30.1 Å². The van der Waals surface area contributed by atoms with E-state index in [1.54, 1.807) is 81.4 Å². The molecule has 14 nitrogen and oxygen atoms in total. The van der Waals surface area contributed by atoms with Gasteiger partial charge in [0.15, 0.2) is 0 Å². The van der Waals surface area contributed by atoms with Gasteiger partial charge in [-0.25, -0.2) is 18.7 Å². The highest BCUT2D eigenvalue weighted by Crippen LogP contribution is 2.38. The monoisotopic (exact) mass is 960 g/mol. The molecule has 0 fully saturated rings. The zero-order valence-corrected chi connectivity index (χ0v) is 40.8. The van der Waals surface area contributed by atoms with Gasteiger partial charge in [0.2, 0.25) is 0 Å². The second-order valence-corrected chi connectivity index (χ2v) is 18.4. The van der Waals surface area contributed by atoms with Crippen LogP contribution in [0.1, 0.15) is 92.7 Å². The van der Waals surface area contributed by atoms with Gasteiger partial charge < -0.3 is 33.9 Å². The molecule has 70 heavy (non-hydrogen) atoms. The van der Waals surface area contributed by atoms with Gasteiger partial charge in [-0.05, 0) is 98.8 Å². The first-order valence-corrected chi connectivity index (χ1v) is 23.0. The highest BCUT2D eigenvalue weighted by Gasteiger charge is 2.29. The van der Waals surface area contributed by atoms with E-state index in [2.05, 4.69) is 9.97 Å². The van der Waals surface area contributed by atoms with Crippen molar-refractivity contribution in [3.05, 3.63) is 133 Å². The summed E-state index contributed by atoms with van der Waals surface area (Å²) in [5, 5.41) is 31.2. The van der Waals surface area contributed by atoms with Crippen molar-refractivity contribution in [2.75, 3.05) is 13.2 Å². The number of pyridine rings is 2. The average molecular weight is 961 g/mol. The largest absolute Gasteiger partial charge is 0.466 e. The lowest BCUT2D eigenvalue weighted by Crippen LogP contribution is -2.21. The van der Waals surface area contributed by atoms with E-state index in [-0.39, 0.29) is 61.4 Å². The Kier molecular flexibility index (Phi) is 18.9. The number of benzene rings is 2. The molecule has 6 aromatic rings. The number of halogens is 2. The summed E-state index contributed by atoms with van der Waals surface area (Å²) in [5.41, 5.74) is 5.25. The molecule has 0 aliphatic heterocycles. The number of esters is 2.